The second-order valence-corrected chi connectivity index (χ2v) is 5.73. The molecule has 0 fully saturated rings. The van der Waals surface area contributed by atoms with E-state index in [4.69, 9.17) is 10.5 Å². The molecule has 0 saturated carbocycles. The molecule has 2 rings (SSSR count). The van der Waals surface area contributed by atoms with Crippen LogP contribution in [0.5, 0.6) is 11.5 Å². The highest BCUT2D eigenvalue weighted by atomic mass is 16.5. The van der Waals surface area contributed by atoms with Crippen LogP contribution in [-0.4, -0.2) is 0 Å². The average molecular weight is 255 g/mol. The van der Waals surface area contributed by atoms with Crippen molar-refractivity contribution in [2.75, 3.05) is 0 Å². The summed E-state index contributed by atoms with van der Waals surface area (Å²) in [7, 11) is 0. The Kier molecular flexibility index (Phi) is 3.91. The monoisotopic (exact) mass is 255 g/mol. The van der Waals surface area contributed by atoms with Gasteiger partial charge < -0.3 is 10.5 Å². The molecular weight excluding hydrogens is 234 g/mol. The van der Waals surface area contributed by atoms with Crippen molar-refractivity contribution in [3.05, 3.63) is 59.7 Å². The van der Waals surface area contributed by atoms with Crippen molar-refractivity contribution in [3.8, 4) is 11.5 Å². The highest BCUT2D eigenvalue weighted by Crippen LogP contribution is 2.28. The van der Waals surface area contributed by atoms with Crippen molar-refractivity contribution in [2.24, 2.45) is 5.73 Å². The van der Waals surface area contributed by atoms with E-state index in [0.717, 1.165) is 17.1 Å². The highest BCUT2D eigenvalue weighted by Gasteiger charge is 2.14. The average Bonchev–Trinajstić information content (AvgIpc) is 2.38. The lowest BCUT2D eigenvalue weighted by atomic mass is 9.87. The molecule has 2 heteroatoms. The number of ether oxygens (including phenoxy) is 1. The first kappa shape index (κ1) is 13.6. The van der Waals surface area contributed by atoms with Crippen molar-refractivity contribution in [1.29, 1.82) is 0 Å². The molecule has 19 heavy (non-hydrogen) atoms. The smallest absolute Gasteiger partial charge is 0.127 e. The molecular formula is C17H21NO. The number of nitrogens with two attached hydrogens (primary N) is 1. The first-order chi connectivity index (χ1) is 8.99. The van der Waals surface area contributed by atoms with Gasteiger partial charge in [-0.1, -0.05) is 45.0 Å². The van der Waals surface area contributed by atoms with E-state index in [-0.39, 0.29) is 5.41 Å². The minimum Gasteiger partial charge on any atom is -0.457 e. The van der Waals surface area contributed by atoms with Crippen molar-refractivity contribution in [3.63, 3.8) is 0 Å². The number of hydrogen-bond acceptors (Lipinski definition) is 2. The summed E-state index contributed by atoms with van der Waals surface area (Å²) in [5, 5.41) is 0. The molecule has 0 unspecified atom stereocenters. The second kappa shape index (κ2) is 5.45. The minimum atomic E-state index is 0.123. The fourth-order valence-corrected chi connectivity index (χ4v) is 1.90. The molecule has 100 valence electrons. The van der Waals surface area contributed by atoms with Crippen LogP contribution in [0.25, 0.3) is 0 Å². The molecule has 0 bridgehead atoms. The minimum absolute atomic E-state index is 0.123. The van der Waals surface area contributed by atoms with Crippen molar-refractivity contribution in [2.45, 2.75) is 32.7 Å². The van der Waals surface area contributed by atoms with Crippen LogP contribution in [-0.2, 0) is 12.0 Å². The summed E-state index contributed by atoms with van der Waals surface area (Å²) in [4.78, 5) is 0. The normalized spacial score (nSPS) is 11.4. The maximum atomic E-state index is 5.90. The van der Waals surface area contributed by atoms with Gasteiger partial charge in [-0.3, -0.25) is 0 Å². The van der Waals surface area contributed by atoms with Crippen LogP contribution in [0.1, 0.15) is 31.9 Å². The summed E-state index contributed by atoms with van der Waals surface area (Å²) >= 11 is 0. The molecule has 0 amide bonds. The molecule has 0 spiro atoms. The van der Waals surface area contributed by atoms with Crippen LogP contribution < -0.4 is 10.5 Å². The maximum absolute atomic E-state index is 5.90. The second-order valence-electron chi connectivity index (χ2n) is 5.73. The van der Waals surface area contributed by atoms with E-state index >= 15 is 0 Å². The molecule has 0 radical (unpaired) electrons. The predicted molar refractivity (Wildman–Crippen MR) is 79.5 cm³/mol. The Morgan fingerprint density at radius 2 is 1.58 bits per heavy atom. The Balaban J connectivity index is 2.23. The molecule has 0 saturated heterocycles. The summed E-state index contributed by atoms with van der Waals surface area (Å²) in [5.41, 5.74) is 8.10. The standard InChI is InChI=1S/C17H21NO/c1-17(2,3)14-7-5-9-16(11-14)19-15-8-4-6-13(10-15)12-18/h4-11H,12,18H2,1-3H3. The largest absolute Gasteiger partial charge is 0.457 e. The van der Waals surface area contributed by atoms with Crippen LogP contribution >= 0.6 is 0 Å². The van der Waals surface area contributed by atoms with E-state index in [1.807, 2.05) is 36.4 Å². The molecule has 0 aromatic heterocycles. The summed E-state index contributed by atoms with van der Waals surface area (Å²) in [6, 6.07) is 16.1. The zero-order valence-electron chi connectivity index (χ0n) is 11.8. The van der Waals surface area contributed by atoms with E-state index in [1.165, 1.54) is 5.56 Å². The summed E-state index contributed by atoms with van der Waals surface area (Å²) in [5.74, 6) is 1.69. The fourth-order valence-electron chi connectivity index (χ4n) is 1.90. The van der Waals surface area contributed by atoms with E-state index in [0.29, 0.717) is 6.54 Å². The van der Waals surface area contributed by atoms with E-state index in [2.05, 4.69) is 32.9 Å². The van der Waals surface area contributed by atoms with Gasteiger partial charge in [0.1, 0.15) is 11.5 Å². The van der Waals surface area contributed by atoms with Gasteiger partial charge in [-0.2, -0.15) is 0 Å². The predicted octanol–water partition coefficient (Wildman–Crippen LogP) is 4.24. The van der Waals surface area contributed by atoms with Gasteiger partial charge in [0.05, 0.1) is 0 Å². The van der Waals surface area contributed by atoms with Crippen molar-refractivity contribution in [1.82, 2.24) is 0 Å². The third-order valence-electron chi connectivity index (χ3n) is 3.07. The molecule has 0 aliphatic carbocycles. The lowest BCUT2D eigenvalue weighted by Crippen LogP contribution is -2.10. The van der Waals surface area contributed by atoms with Crippen molar-refractivity contribution < 1.29 is 4.74 Å². The van der Waals surface area contributed by atoms with E-state index in [9.17, 15) is 0 Å². The molecule has 0 atom stereocenters. The Labute approximate surface area is 115 Å². The first-order valence-electron chi connectivity index (χ1n) is 6.56. The zero-order chi connectivity index (χ0) is 13.9. The van der Waals surface area contributed by atoms with Gasteiger partial charge in [0.2, 0.25) is 0 Å². The molecule has 0 aliphatic rings. The van der Waals surface area contributed by atoms with Crippen LogP contribution in [0.2, 0.25) is 0 Å². The van der Waals surface area contributed by atoms with E-state index < -0.39 is 0 Å². The summed E-state index contributed by atoms with van der Waals surface area (Å²) < 4.78 is 5.90. The summed E-state index contributed by atoms with van der Waals surface area (Å²) in [6.07, 6.45) is 0. The van der Waals surface area contributed by atoms with Gasteiger partial charge in [0.25, 0.3) is 0 Å². The molecule has 2 nitrogen and oxygen atoms in total. The lowest BCUT2D eigenvalue weighted by molar-refractivity contribution is 0.478. The van der Waals surface area contributed by atoms with E-state index in [1.54, 1.807) is 0 Å². The quantitative estimate of drug-likeness (QED) is 0.890. The molecule has 2 N–H and O–H groups in total. The van der Waals surface area contributed by atoms with Gasteiger partial charge in [-0.15, -0.1) is 0 Å². The Morgan fingerprint density at radius 3 is 2.21 bits per heavy atom. The number of hydrogen-bond donors (Lipinski definition) is 1. The molecule has 0 aliphatic heterocycles. The Bertz CT molecular complexity index is 555. The van der Waals surface area contributed by atoms with Crippen LogP contribution in [0, 0.1) is 0 Å². The Hall–Kier alpha value is -1.80. The summed E-state index contributed by atoms with van der Waals surface area (Å²) in [6.45, 7) is 7.11. The third-order valence-corrected chi connectivity index (χ3v) is 3.07. The lowest BCUT2D eigenvalue weighted by Gasteiger charge is -2.19. The van der Waals surface area contributed by atoms with Crippen LogP contribution in [0.3, 0.4) is 0 Å². The van der Waals surface area contributed by atoms with Gasteiger partial charge >= 0.3 is 0 Å². The van der Waals surface area contributed by atoms with Gasteiger partial charge in [0.15, 0.2) is 0 Å². The van der Waals surface area contributed by atoms with Crippen LogP contribution in [0.15, 0.2) is 48.5 Å². The molecule has 2 aromatic carbocycles. The number of benzene rings is 2. The Morgan fingerprint density at radius 1 is 0.947 bits per heavy atom. The van der Waals surface area contributed by atoms with Crippen molar-refractivity contribution >= 4 is 0 Å². The first-order valence-corrected chi connectivity index (χ1v) is 6.56. The third kappa shape index (κ3) is 3.58. The van der Waals surface area contributed by atoms with Gasteiger partial charge in [-0.05, 0) is 40.8 Å². The van der Waals surface area contributed by atoms with Gasteiger partial charge in [-0.25, -0.2) is 0 Å². The molecule has 0 heterocycles. The van der Waals surface area contributed by atoms with Crippen LogP contribution in [0.4, 0.5) is 0 Å². The molecule has 2 aromatic rings. The van der Waals surface area contributed by atoms with Gasteiger partial charge in [0, 0.05) is 6.54 Å². The fraction of sp³-hybridized carbons (Fsp3) is 0.294. The topological polar surface area (TPSA) is 35.2 Å². The highest BCUT2D eigenvalue weighted by molar-refractivity contribution is 5.37. The SMILES string of the molecule is CC(C)(C)c1cccc(Oc2cccc(CN)c2)c1. The zero-order valence-corrected chi connectivity index (χ0v) is 11.8. The number of rotatable bonds is 3. The maximum Gasteiger partial charge on any atom is 0.127 e.